The molecule has 0 aliphatic heterocycles. The van der Waals surface area contributed by atoms with E-state index in [2.05, 4.69) is 13.8 Å². The lowest BCUT2D eigenvalue weighted by Crippen LogP contribution is -2.58. The number of carbonyl (C=O) groups excluding carboxylic acids is 1. The monoisotopic (exact) mass is 416 g/mol. The highest BCUT2D eigenvalue weighted by molar-refractivity contribution is 5.88. The lowest BCUT2D eigenvalue weighted by atomic mass is 9.47. The van der Waals surface area contributed by atoms with Gasteiger partial charge in [0.05, 0.1) is 12.0 Å². The molecule has 0 aromatic carbocycles. The van der Waals surface area contributed by atoms with Crippen LogP contribution in [0.3, 0.4) is 0 Å². The molecule has 30 heavy (non-hydrogen) atoms. The number of ketones is 1. The Hall–Kier alpha value is -0.450. The Bertz CT molecular complexity index is 781. The summed E-state index contributed by atoms with van der Waals surface area (Å²) in [4.78, 5) is 13.3. The quantitative estimate of drug-likeness (QED) is 0.726. The van der Waals surface area contributed by atoms with Crippen LogP contribution in [0, 0.1) is 45.3 Å². The highest BCUT2D eigenvalue weighted by Gasteiger charge is 2.87. The topological polar surface area (TPSA) is 66.8 Å². The largest absolute Gasteiger partial charge is 0.396 e. The number of carbonyl (C=O) groups is 1. The maximum atomic E-state index is 13.3. The Morgan fingerprint density at radius 1 is 1.13 bits per heavy atom. The van der Waals surface area contributed by atoms with E-state index in [0.717, 1.165) is 12.8 Å². The fourth-order valence-electron chi connectivity index (χ4n) is 11.6. The standard InChI is InChI=1S/C26H40O4/c1-22-14-16-6-9-25(11-10-24(15-25)8-4-5-17(24)7-12-27)23(22,2)20(16)21-18(28)13-19(30-3)26(21,22)29/h16-17,19-21,27,29H,4-15H2,1-3H3/t16-,17+,19+,20-,21-,22-,23-,24+,25-,26+/m0/s1. The van der Waals surface area contributed by atoms with Gasteiger partial charge in [0.15, 0.2) is 0 Å². The smallest absolute Gasteiger partial charge is 0.141 e. The van der Waals surface area contributed by atoms with Crippen LogP contribution in [0.5, 0.6) is 0 Å². The first-order chi connectivity index (χ1) is 14.2. The number of aliphatic hydroxyl groups is 2. The second-order valence-corrected chi connectivity index (χ2v) is 12.7. The number of hydrogen-bond donors (Lipinski definition) is 2. The van der Waals surface area contributed by atoms with Crippen LogP contribution in [0.15, 0.2) is 0 Å². The predicted octanol–water partition coefficient (Wildman–Crippen LogP) is 4.12. The molecule has 0 radical (unpaired) electrons. The third-order valence-electron chi connectivity index (χ3n) is 12.7. The molecular formula is C26H40O4. The van der Waals surface area contributed by atoms with Gasteiger partial charge in [0.1, 0.15) is 11.4 Å². The summed E-state index contributed by atoms with van der Waals surface area (Å²) in [7, 11) is 1.68. The van der Waals surface area contributed by atoms with Crippen LogP contribution in [0.25, 0.3) is 0 Å². The molecule has 168 valence electrons. The average Bonchev–Trinajstić information content (AvgIpc) is 3.43. The van der Waals surface area contributed by atoms with E-state index < -0.39 is 5.60 Å². The van der Waals surface area contributed by atoms with Gasteiger partial charge in [0, 0.05) is 25.6 Å². The van der Waals surface area contributed by atoms with Crippen molar-refractivity contribution in [1.29, 1.82) is 0 Å². The fourth-order valence-corrected chi connectivity index (χ4v) is 11.6. The molecule has 4 nitrogen and oxygen atoms in total. The van der Waals surface area contributed by atoms with Gasteiger partial charge in [-0.3, -0.25) is 4.79 Å². The van der Waals surface area contributed by atoms with Crippen molar-refractivity contribution in [3.05, 3.63) is 0 Å². The summed E-state index contributed by atoms with van der Waals surface area (Å²) < 4.78 is 5.80. The number of methoxy groups -OCH3 is 1. The average molecular weight is 417 g/mol. The van der Waals surface area contributed by atoms with Crippen LogP contribution in [0.4, 0.5) is 0 Å². The van der Waals surface area contributed by atoms with Gasteiger partial charge in [-0.25, -0.2) is 0 Å². The predicted molar refractivity (Wildman–Crippen MR) is 114 cm³/mol. The van der Waals surface area contributed by atoms with E-state index >= 15 is 0 Å². The van der Waals surface area contributed by atoms with E-state index in [4.69, 9.17) is 4.74 Å². The van der Waals surface area contributed by atoms with Gasteiger partial charge in [0.2, 0.25) is 0 Å². The number of hydrogen-bond acceptors (Lipinski definition) is 4. The molecule has 2 spiro atoms. The maximum Gasteiger partial charge on any atom is 0.141 e. The molecule has 0 aromatic rings. The SMILES string of the molecule is CO[C@@H]1CC(=O)[C@H]2[C@@H]3[C@H]4CC[C@@]5(CC[C@]6(CCC[C@@H]6CCO)C5)[C@]3(C)[C@](C)(C4)[C@@]12O. The van der Waals surface area contributed by atoms with Crippen molar-refractivity contribution in [2.45, 2.75) is 96.2 Å². The van der Waals surface area contributed by atoms with E-state index in [1.54, 1.807) is 7.11 Å². The van der Waals surface area contributed by atoms with Gasteiger partial charge in [0.25, 0.3) is 0 Å². The Kier molecular flexibility index (Phi) is 3.98. The van der Waals surface area contributed by atoms with Gasteiger partial charge in [-0.05, 0) is 91.8 Å². The molecule has 2 N–H and O–H groups in total. The second-order valence-electron chi connectivity index (χ2n) is 12.7. The number of rotatable bonds is 3. The molecule has 6 rings (SSSR count). The minimum absolute atomic E-state index is 0.00501. The van der Waals surface area contributed by atoms with Crippen molar-refractivity contribution >= 4 is 5.78 Å². The molecule has 6 saturated carbocycles. The zero-order valence-corrected chi connectivity index (χ0v) is 19.1. The van der Waals surface area contributed by atoms with Crippen molar-refractivity contribution in [3.8, 4) is 0 Å². The molecule has 6 fully saturated rings. The van der Waals surface area contributed by atoms with E-state index in [-0.39, 0.29) is 34.1 Å². The highest BCUT2D eigenvalue weighted by Crippen LogP contribution is 2.87. The Labute approximate surface area is 181 Å². The normalized spacial score (nSPS) is 61.0. The van der Waals surface area contributed by atoms with Crippen LogP contribution >= 0.6 is 0 Å². The van der Waals surface area contributed by atoms with Crippen molar-refractivity contribution in [1.82, 2.24) is 0 Å². The molecular weight excluding hydrogens is 376 g/mol. The van der Waals surface area contributed by atoms with Gasteiger partial charge < -0.3 is 14.9 Å². The first-order valence-corrected chi connectivity index (χ1v) is 12.6. The van der Waals surface area contributed by atoms with Gasteiger partial charge in [-0.15, -0.1) is 0 Å². The number of ether oxygens (including phenoxy) is 1. The van der Waals surface area contributed by atoms with Crippen LogP contribution in [-0.4, -0.2) is 41.4 Å². The molecule has 0 unspecified atom stereocenters. The van der Waals surface area contributed by atoms with Crippen molar-refractivity contribution in [2.24, 2.45) is 45.3 Å². The molecule has 0 saturated heterocycles. The summed E-state index contributed by atoms with van der Waals surface area (Å²) in [6.45, 7) is 5.13. The Balaban J connectivity index is 1.46. The van der Waals surface area contributed by atoms with Crippen LogP contribution in [-0.2, 0) is 9.53 Å². The van der Waals surface area contributed by atoms with E-state index in [1.165, 1.54) is 51.4 Å². The number of fused-ring (bicyclic) bond motifs is 2. The number of aliphatic hydroxyl groups excluding tert-OH is 1. The van der Waals surface area contributed by atoms with Crippen molar-refractivity contribution in [3.63, 3.8) is 0 Å². The second kappa shape index (κ2) is 5.91. The molecule has 4 bridgehead atoms. The minimum atomic E-state index is -0.998. The highest BCUT2D eigenvalue weighted by atomic mass is 16.5. The summed E-state index contributed by atoms with van der Waals surface area (Å²) in [6.07, 6.45) is 12.2. The van der Waals surface area contributed by atoms with Crippen molar-refractivity contribution < 1.29 is 19.7 Å². The fraction of sp³-hybridized carbons (Fsp3) is 0.962. The van der Waals surface area contributed by atoms with Gasteiger partial charge >= 0.3 is 0 Å². The zero-order valence-electron chi connectivity index (χ0n) is 19.1. The molecule has 0 aromatic heterocycles. The van der Waals surface area contributed by atoms with Crippen LogP contribution in [0.1, 0.15) is 84.5 Å². The van der Waals surface area contributed by atoms with E-state index in [1.807, 2.05) is 0 Å². The lowest BCUT2D eigenvalue weighted by Gasteiger charge is -2.57. The molecule has 10 atom stereocenters. The molecule has 0 amide bonds. The first-order valence-electron chi connectivity index (χ1n) is 12.6. The summed E-state index contributed by atoms with van der Waals surface area (Å²) in [5.74, 6) is 1.61. The van der Waals surface area contributed by atoms with Gasteiger partial charge in [-0.1, -0.05) is 20.3 Å². The van der Waals surface area contributed by atoms with E-state index in [9.17, 15) is 15.0 Å². The Morgan fingerprint density at radius 2 is 1.93 bits per heavy atom. The summed E-state index contributed by atoms with van der Waals surface area (Å²) in [5, 5.41) is 22.0. The molecule has 6 aliphatic carbocycles. The van der Waals surface area contributed by atoms with Crippen molar-refractivity contribution in [2.75, 3.05) is 13.7 Å². The molecule has 0 heterocycles. The number of Topliss-reactive ketones (excluding diaryl/α,β-unsaturated/α-hetero) is 1. The third-order valence-corrected chi connectivity index (χ3v) is 12.7. The minimum Gasteiger partial charge on any atom is -0.396 e. The molecule has 4 heteroatoms. The Morgan fingerprint density at radius 3 is 2.67 bits per heavy atom. The molecule has 6 aliphatic rings. The summed E-state index contributed by atoms with van der Waals surface area (Å²) in [5.41, 5.74) is -0.623. The summed E-state index contributed by atoms with van der Waals surface area (Å²) in [6, 6.07) is 0. The lowest BCUT2D eigenvalue weighted by molar-refractivity contribution is -0.186. The zero-order chi connectivity index (χ0) is 21.2. The van der Waals surface area contributed by atoms with Gasteiger partial charge in [-0.2, -0.15) is 0 Å². The van der Waals surface area contributed by atoms with Crippen LogP contribution < -0.4 is 0 Å². The van der Waals surface area contributed by atoms with E-state index in [0.29, 0.717) is 36.2 Å². The summed E-state index contributed by atoms with van der Waals surface area (Å²) >= 11 is 0. The first kappa shape index (κ1) is 20.2. The van der Waals surface area contributed by atoms with Crippen LogP contribution in [0.2, 0.25) is 0 Å². The maximum absolute atomic E-state index is 13.3. The third kappa shape index (κ3) is 1.85.